The lowest BCUT2D eigenvalue weighted by molar-refractivity contribution is -0.117. The van der Waals surface area contributed by atoms with E-state index in [1.807, 2.05) is 35.2 Å². The molecule has 2 N–H and O–H groups in total. The first kappa shape index (κ1) is 20.6. The number of hydrogen-bond acceptors (Lipinski definition) is 4. The Morgan fingerprint density at radius 3 is 2.75 bits per heavy atom. The Balaban J connectivity index is 1.48. The molecule has 5 nitrogen and oxygen atoms in total. The molecule has 2 aromatic carbocycles. The zero-order chi connectivity index (χ0) is 20.0. The molecule has 0 saturated carbocycles. The summed E-state index contributed by atoms with van der Waals surface area (Å²) >= 11 is 5.74. The van der Waals surface area contributed by atoms with Gasteiger partial charge in [0, 0.05) is 12.2 Å². The van der Waals surface area contributed by atoms with Crippen molar-refractivity contribution >= 4 is 23.2 Å². The maximum absolute atomic E-state index is 13.2. The number of anilines is 1. The minimum Gasteiger partial charge on any atom is -0.491 e. The smallest absolute Gasteiger partial charge is 0.238 e. The molecule has 1 unspecified atom stereocenters. The summed E-state index contributed by atoms with van der Waals surface area (Å²) in [6.07, 6.45) is 1.91. The Morgan fingerprint density at radius 2 is 2.00 bits per heavy atom. The van der Waals surface area contributed by atoms with E-state index in [0.717, 1.165) is 12.2 Å². The lowest BCUT2D eigenvalue weighted by Crippen LogP contribution is -2.38. The van der Waals surface area contributed by atoms with Crippen LogP contribution in [0, 0.1) is 5.82 Å². The molecule has 1 amide bonds. The number of rotatable bonds is 6. The molecule has 1 aliphatic heterocycles. The van der Waals surface area contributed by atoms with Gasteiger partial charge in [0.25, 0.3) is 0 Å². The molecule has 28 heavy (non-hydrogen) atoms. The standard InChI is InChI=1S/C21H24ClFN2O3/c22-18-13-16(7-8-19(18)23)24-20(26)14-25-11-4-9-21(27,10-12-25)15-28-17-5-2-1-3-6-17/h1-3,5-8,13,27H,4,9-12,14-15H2,(H,24,26). The summed E-state index contributed by atoms with van der Waals surface area (Å²) in [5.74, 6) is 0.00667. The van der Waals surface area contributed by atoms with Gasteiger partial charge in [0.15, 0.2) is 0 Å². The van der Waals surface area contributed by atoms with Crippen LogP contribution in [0.1, 0.15) is 19.3 Å². The largest absolute Gasteiger partial charge is 0.491 e. The van der Waals surface area contributed by atoms with Crippen molar-refractivity contribution in [2.45, 2.75) is 24.9 Å². The minimum atomic E-state index is -0.911. The second-order valence-corrected chi connectivity index (χ2v) is 7.54. The molecule has 150 valence electrons. The molecular formula is C21H24ClFN2O3. The number of carbonyl (C=O) groups excluding carboxylic acids is 1. The van der Waals surface area contributed by atoms with Gasteiger partial charge in [0.2, 0.25) is 5.91 Å². The summed E-state index contributed by atoms with van der Waals surface area (Å²) in [5.41, 5.74) is -0.454. The van der Waals surface area contributed by atoms with E-state index in [1.165, 1.54) is 18.2 Å². The Hall–Kier alpha value is -2.15. The van der Waals surface area contributed by atoms with Gasteiger partial charge in [-0.1, -0.05) is 29.8 Å². The van der Waals surface area contributed by atoms with E-state index in [9.17, 15) is 14.3 Å². The molecule has 1 atom stereocenters. The number of aliphatic hydroxyl groups is 1. The van der Waals surface area contributed by atoms with Crippen LogP contribution in [-0.2, 0) is 4.79 Å². The first-order valence-electron chi connectivity index (χ1n) is 9.31. The predicted octanol–water partition coefficient (Wildman–Crippen LogP) is 3.71. The van der Waals surface area contributed by atoms with Gasteiger partial charge in [0.05, 0.1) is 17.2 Å². The lowest BCUT2D eigenvalue weighted by atomic mass is 9.96. The fourth-order valence-corrected chi connectivity index (χ4v) is 3.43. The number of likely N-dealkylation sites (tertiary alicyclic amines) is 1. The van der Waals surface area contributed by atoms with Gasteiger partial charge in [-0.2, -0.15) is 0 Å². The van der Waals surface area contributed by atoms with Gasteiger partial charge >= 0.3 is 0 Å². The van der Waals surface area contributed by atoms with E-state index in [0.29, 0.717) is 31.6 Å². The first-order chi connectivity index (χ1) is 13.4. The highest BCUT2D eigenvalue weighted by Gasteiger charge is 2.31. The Bertz CT molecular complexity index is 805. The Morgan fingerprint density at radius 1 is 1.21 bits per heavy atom. The number of carbonyl (C=O) groups is 1. The van der Waals surface area contributed by atoms with E-state index >= 15 is 0 Å². The zero-order valence-corrected chi connectivity index (χ0v) is 16.3. The van der Waals surface area contributed by atoms with Crippen molar-refractivity contribution in [2.24, 2.45) is 0 Å². The second-order valence-electron chi connectivity index (χ2n) is 7.13. The SMILES string of the molecule is O=C(CN1CCCC(O)(COc2ccccc2)CC1)Nc1ccc(F)c(Cl)c1. The quantitative estimate of drug-likeness (QED) is 0.767. The van der Waals surface area contributed by atoms with Crippen LogP contribution < -0.4 is 10.1 Å². The average Bonchev–Trinajstić information content (AvgIpc) is 2.86. The molecule has 7 heteroatoms. The first-order valence-corrected chi connectivity index (χ1v) is 9.69. The van der Waals surface area contributed by atoms with Gasteiger partial charge in [-0.3, -0.25) is 9.69 Å². The third kappa shape index (κ3) is 5.92. The fraction of sp³-hybridized carbons (Fsp3) is 0.381. The molecule has 1 saturated heterocycles. The topological polar surface area (TPSA) is 61.8 Å². The van der Waals surface area contributed by atoms with Gasteiger partial charge in [0.1, 0.15) is 18.2 Å². The fourth-order valence-electron chi connectivity index (χ4n) is 3.25. The Kier molecular flexibility index (Phi) is 6.88. The molecule has 1 aliphatic rings. The summed E-state index contributed by atoms with van der Waals surface area (Å²) in [7, 11) is 0. The van der Waals surface area contributed by atoms with E-state index in [2.05, 4.69) is 5.32 Å². The van der Waals surface area contributed by atoms with Gasteiger partial charge in [-0.05, 0) is 56.1 Å². The normalized spacial score (nSPS) is 20.4. The van der Waals surface area contributed by atoms with Crippen LogP contribution in [0.2, 0.25) is 5.02 Å². The third-order valence-corrected chi connectivity index (χ3v) is 5.12. The molecular weight excluding hydrogens is 383 g/mol. The molecule has 3 rings (SSSR count). The summed E-state index contributed by atoms with van der Waals surface area (Å²) < 4.78 is 18.9. The summed E-state index contributed by atoms with van der Waals surface area (Å²) in [4.78, 5) is 14.3. The zero-order valence-electron chi connectivity index (χ0n) is 15.5. The van der Waals surface area contributed by atoms with Crippen LogP contribution in [-0.4, -0.2) is 47.8 Å². The summed E-state index contributed by atoms with van der Waals surface area (Å²) in [6, 6.07) is 13.5. The molecule has 2 aromatic rings. The van der Waals surface area contributed by atoms with Crippen molar-refractivity contribution in [3.8, 4) is 5.75 Å². The van der Waals surface area contributed by atoms with Crippen molar-refractivity contribution in [3.63, 3.8) is 0 Å². The van der Waals surface area contributed by atoms with E-state index in [-0.39, 0.29) is 24.1 Å². The van der Waals surface area contributed by atoms with Crippen LogP contribution in [0.25, 0.3) is 0 Å². The number of nitrogens with one attached hydrogen (secondary N) is 1. The second kappa shape index (κ2) is 9.37. The molecule has 1 fully saturated rings. The number of nitrogens with zero attached hydrogens (tertiary/aromatic N) is 1. The minimum absolute atomic E-state index is 0.0314. The molecule has 0 aliphatic carbocycles. The molecule has 0 bridgehead atoms. The van der Waals surface area contributed by atoms with Crippen LogP contribution in [0.4, 0.5) is 10.1 Å². The highest BCUT2D eigenvalue weighted by Crippen LogP contribution is 2.24. The van der Waals surface area contributed by atoms with E-state index < -0.39 is 11.4 Å². The Labute approximate surface area is 169 Å². The summed E-state index contributed by atoms with van der Waals surface area (Å²) in [6.45, 7) is 1.73. The number of halogens is 2. The number of amides is 1. The van der Waals surface area contributed by atoms with Crippen molar-refractivity contribution < 1.29 is 19.0 Å². The highest BCUT2D eigenvalue weighted by atomic mass is 35.5. The average molecular weight is 407 g/mol. The molecule has 0 spiro atoms. The van der Waals surface area contributed by atoms with Gasteiger partial charge in [-0.25, -0.2) is 4.39 Å². The lowest BCUT2D eigenvalue weighted by Gasteiger charge is -2.27. The number of para-hydroxylation sites is 1. The maximum atomic E-state index is 13.2. The van der Waals surface area contributed by atoms with Crippen molar-refractivity contribution in [3.05, 3.63) is 59.4 Å². The molecule has 0 radical (unpaired) electrons. The third-order valence-electron chi connectivity index (χ3n) is 4.83. The van der Waals surface area contributed by atoms with Gasteiger partial charge < -0.3 is 15.2 Å². The number of ether oxygens (including phenoxy) is 1. The van der Waals surface area contributed by atoms with Crippen LogP contribution in [0.5, 0.6) is 5.75 Å². The summed E-state index contributed by atoms with van der Waals surface area (Å²) in [5, 5.41) is 13.5. The highest BCUT2D eigenvalue weighted by molar-refractivity contribution is 6.31. The van der Waals surface area contributed by atoms with Crippen LogP contribution in [0.15, 0.2) is 48.5 Å². The van der Waals surface area contributed by atoms with E-state index in [4.69, 9.17) is 16.3 Å². The van der Waals surface area contributed by atoms with Crippen molar-refractivity contribution in [1.29, 1.82) is 0 Å². The van der Waals surface area contributed by atoms with Crippen LogP contribution >= 0.6 is 11.6 Å². The molecule has 1 heterocycles. The van der Waals surface area contributed by atoms with Crippen LogP contribution in [0.3, 0.4) is 0 Å². The predicted molar refractivity (Wildman–Crippen MR) is 107 cm³/mol. The van der Waals surface area contributed by atoms with Crippen molar-refractivity contribution in [1.82, 2.24) is 4.90 Å². The van der Waals surface area contributed by atoms with Gasteiger partial charge in [-0.15, -0.1) is 0 Å². The monoisotopic (exact) mass is 406 g/mol. The maximum Gasteiger partial charge on any atom is 0.238 e. The van der Waals surface area contributed by atoms with E-state index in [1.54, 1.807) is 0 Å². The number of hydrogen-bond donors (Lipinski definition) is 2. The molecule has 0 aromatic heterocycles. The van der Waals surface area contributed by atoms with Crippen molar-refractivity contribution in [2.75, 3.05) is 31.6 Å². The number of benzene rings is 2.